The number of hydrogen-bond acceptors (Lipinski definition) is 7. The van der Waals surface area contributed by atoms with Crippen molar-refractivity contribution < 1.29 is 9.32 Å². The van der Waals surface area contributed by atoms with Crippen molar-refractivity contribution in [2.75, 3.05) is 41.3 Å². The Bertz CT molecular complexity index is 984. The first-order chi connectivity index (χ1) is 13.6. The van der Waals surface area contributed by atoms with E-state index >= 15 is 0 Å². The fraction of sp³-hybridized carbons (Fsp3) is 0.263. The lowest BCUT2D eigenvalue weighted by Crippen LogP contribution is -2.47. The molecule has 0 unspecified atom stereocenters. The fourth-order valence-electron chi connectivity index (χ4n) is 3.07. The topological polar surface area (TPSA) is 87.4 Å². The van der Waals surface area contributed by atoms with E-state index in [4.69, 9.17) is 16.1 Å². The Balaban J connectivity index is 1.41. The quantitative estimate of drug-likeness (QED) is 0.722. The predicted molar refractivity (Wildman–Crippen MR) is 107 cm³/mol. The van der Waals surface area contributed by atoms with Crippen LogP contribution in [-0.2, 0) is 0 Å². The third-order valence-corrected chi connectivity index (χ3v) is 4.72. The highest BCUT2D eigenvalue weighted by molar-refractivity contribution is 6.30. The van der Waals surface area contributed by atoms with Gasteiger partial charge in [-0.15, -0.1) is 0 Å². The highest BCUT2D eigenvalue weighted by atomic mass is 35.5. The van der Waals surface area contributed by atoms with E-state index < -0.39 is 0 Å². The predicted octanol–water partition coefficient (Wildman–Crippen LogP) is 3.01. The minimum atomic E-state index is -0.352. The molecule has 0 bridgehead atoms. The van der Waals surface area contributed by atoms with Crippen molar-refractivity contribution in [3.8, 4) is 0 Å². The van der Waals surface area contributed by atoms with Crippen molar-refractivity contribution >= 4 is 35.0 Å². The molecule has 0 saturated carbocycles. The molecule has 2 aromatic heterocycles. The third-order valence-electron chi connectivity index (χ3n) is 4.48. The zero-order valence-electron chi connectivity index (χ0n) is 15.3. The van der Waals surface area contributed by atoms with Gasteiger partial charge in [0.15, 0.2) is 5.82 Å². The van der Waals surface area contributed by atoms with Crippen molar-refractivity contribution in [3.05, 3.63) is 59.1 Å². The van der Waals surface area contributed by atoms with Gasteiger partial charge in [0.2, 0.25) is 5.95 Å². The van der Waals surface area contributed by atoms with Crippen LogP contribution in [0.3, 0.4) is 0 Å². The maximum atomic E-state index is 12.4. The second kappa shape index (κ2) is 7.85. The number of hydrogen-bond donors (Lipinski definition) is 1. The molecular formula is C19H19ClN6O2. The molecule has 1 aliphatic heterocycles. The van der Waals surface area contributed by atoms with Crippen molar-refractivity contribution in [2.45, 2.75) is 6.92 Å². The number of carbonyl (C=O) groups excluding carboxylic acids is 1. The molecule has 1 N–H and O–H groups in total. The number of amides is 1. The molecule has 8 nitrogen and oxygen atoms in total. The second-order valence-corrected chi connectivity index (χ2v) is 6.91. The molecule has 3 heterocycles. The molecule has 1 amide bonds. The Kier molecular flexibility index (Phi) is 5.12. The Morgan fingerprint density at radius 1 is 1.14 bits per heavy atom. The van der Waals surface area contributed by atoms with Crippen LogP contribution in [-0.4, -0.2) is 47.2 Å². The number of carbonyl (C=O) groups is 1. The molecule has 0 atom stereocenters. The second-order valence-electron chi connectivity index (χ2n) is 6.47. The molecule has 1 fully saturated rings. The first-order valence-electron chi connectivity index (χ1n) is 8.92. The number of anilines is 3. The van der Waals surface area contributed by atoms with Crippen LogP contribution >= 0.6 is 11.6 Å². The van der Waals surface area contributed by atoms with Gasteiger partial charge in [0.25, 0.3) is 5.91 Å². The Labute approximate surface area is 167 Å². The fourth-order valence-corrected chi connectivity index (χ4v) is 3.25. The van der Waals surface area contributed by atoms with Gasteiger partial charge in [0.05, 0.1) is 0 Å². The van der Waals surface area contributed by atoms with Gasteiger partial charge in [-0.1, -0.05) is 22.8 Å². The maximum absolute atomic E-state index is 12.4. The number of piperazine rings is 1. The average Bonchev–Trinajstić information content (AvgIpc) is 3.13. The highest BCUT2D eigenvalue weighted by Gasteiger charge is 2.21. The van der Waals surface area contributed by atoms with Gasteiger partial charge in [0, 0.05) is 49.2 Å². The van der Waals surface area contributed by atoms with E-state index in [1.165, 1.54) is 0 Å². The summed E-state index contributed by atoms with van der Waals surface area (Å²) in [5, 5.41) is 7.16. The molecular weight excluding hydrogens is 380 g/mol. The normalized spacial score (nSPS) is 14.2. The number of benzene rings is 1. The summed E-state index contributed by atoms with van der Waals surface area (Å²) in [6.07, 6.45) is 1.59. The average molecular weight is 399 g/mol. The van der Waals surface area contributed by atoms with Crippen LogP contribution in [0.25, 0.3) is 0 Å². The minimum Gasteiger partial charge on any atom is -0.368 e. The zero-order chi connectivity index (χ0) is 19.5. The molecule has 0 spiro atoms. The van der Waals surface area contributed by atoms with Crippen LogP contribution in [0.2, 0.25) is 5.02 Å². The molecule has 0 radical (unpaired) electrons. The lowest BCUT2D eigenvalue weighted by Gasteiger charge is -2.36. The number of aromatic nitrogens is 3. The summed E-state index contributed by atoms with van der Waals surface area (Å²) in [7, 11) is 0. The van der Waals surface area contributed by atoms with Gasteiger partial charge in [-0.05, 0) is 31.2 Å². The van der Waals surface area contributed by atoms with E-state index in [1.807, 2.05) is 18.2 Å². The Morgan fingerprint density at radius 3 is 2.64 bits per heavy atom. The molecule has 28 heavy (non-hydrogen) atoms. The van der Waals surface area contributed by atoms with Gasteiger partial charge in [0.1, 0.15) is 11.5 Å². The lowest BCUT2D eigenvalue weighted by molar-refractivity contribution is 0.102. The number of nitrogens with one attached hydrogen (secondary N) is 1. The van der Waals surface area contributed by atoms with Crippen LogP contribution in [0.1, 0.15) is 16.2 Å². The largest absolute Gasteiger partial charge is 0.368 e. The molecule has 4 rings (SSSR count). The van der Waals surface area contributed by atoms with E-state index in [0.29, 0.717) is 17.5 Å². The minimum absolute atomic E-state index is 0.280. The van der Waals surface area contributed by atoms with Crippen molar-refractivity contribution in [1.29, 1.82) is 0 Å². The summed E-state index contributed by atoms with van der Waals surface area (Å²) in [6, 6.07) is 11.1. The summed E-state index contributed by atoms with van der Waals surface area (Å²) in [6.45, 7) is 4.89. The van der Waals surface area contributed by atoms with E-state index in [0.717, 1.165) is 36.9 Å². The monoisotopic (exact) mass is 398 g/mol. The lowest BCUT2D eigenvalue weighted by atomic mass is 10.2. The molecule has 0 aliphatic carbocycles. The summed E-state index contributed by atoms with van der Waals surface area (Å²) >= 11 is 6.09. The van der Waals surface area contributed by atoms with Gasteiger partial charge in [-0.25, -0.2) is 9.97 Å². The molecule has 1 aromatic carbocycles. The third kappa shape index (κ3) is 4.07. The molecule has 3 aromatic rings. The standard InChI is InChI=1S/C19H19ClN6O2/c1-13-11-17(24-28-13)23-18(27)16-5-6-21-19(22-16)26-9-7-25(8-10-26)15-4-2-3-14(20)12-15/h2-6,11-12H,7-10H2,1H3,(H,23,24,27). The van der Waals surface area contributed by atoms with E-state index in [2.05, 4.69) is 36.3 Å². The van der Waals surface area contributed by atoms with Crippen molar-refractivity contribution in [2.24, 2.45) is 0 Å². The van der Waals surface area contributed by atoms with E-state index in [9.17, 15) is 4.79 Å². The molecule has 144 valence electrons. The first-order valence-corrected chi connectivity index (χ1v) is 9.29. The van der Waals surface area contributed by atoms with Crippen molar-refractivity contribution in [3.63, 3.8) is 0 Å². The van der Waals surface area contributed by atoms with E-state index in [-0.39, 0.29) is 11.6 Å². The van der Waals surface area contributed by atoms with Gasteiger partial charge < -0.3 is 19.6 Å². The summed E-state index contributed by atoms with van der Waals surface area (Å²) in [5.41, 5.74) is 1.38. The SMILES string of the molecule is Cc1cc(NC(=O)c2ccnc(N3CCN(c4cccc(Cl)c4)CC3)n2)no1. The summed E-state index contributed by atoms with van der Waals surface area (Å²) in [5.74, 6) is 1.17. The van der Waals surface area contributed by atoms with Crippen LogP contribution < -0.4 is 15.1 Å². The highest BCUT2D eigenvalue weighted by Crippen LogP contribution is 2.22. The van der Waals surface area contributed by atoms with Gasteiger partial charge >= 0.3 is 0 Å². The molecule has 1 aliphatic rings. The summed E-state index contributed by atoms with van der Waals surface area (Å²) < 4.78 is 4.96. The van der Waals surface area contributed by atoms with Gasteiger partial charge in [-0.2, -0.15) is 0 Å². The number of aryl methyl sites for hydroxylation is 1. The van der Waals surface area contributed by atoms with Gasteiger partial charge in [-0.3, -0.25) is 4.79 Å². The first kappa shape index (κ1) is 18.2. The maximum Gasteiger partial charge on any atom is 0.275 e. The van der Waals surface area contributed by atoms with Crippen LogP contribution in [0.5, 0.6) is 0 Å². The Morgan fingerprint density at radius 2 is 1.93 bits per heavy atom. The molecule has 9 heteroatoms. The smallest absolute Gasteiger partial charge is 0.275 e. The number of rotatable bonds is 4. The van der Waals surface area contributed by atoms with Crippen LogP contribution in [0.15, 0.2) is 47.1 Å². The Hall–Kier alpha value is -3.13. The van der Waals surface area contributed by atoms with Crippen LogP contribution in [0, 0.1) is 6.92 Å². The zero-order valence-corrected chi connectivity index (χ0v) is 16.1. The summed E-state index contributed by atoms with van der Waals surface area (Å²) in [4.78, 5) is 25.5. The molecule has 1 saturated heterocycles. The van der Waals surface area contributed by atoms with Crippen LogP contribution in [0.4, 0.5) is 17.5 Å². The number of nitrogens with zero attached hydrogens (tertiary/aromatic N) is 5. The van der Waals surface area contributed by atoms with Crippen molar-refractivity contribution in [1.82, 2.24) is 15.1 Å². The number of halogens is 1. The van der Waals surface area contributed by atoms with E-state index in [1.54, 1.807) is 25.3 Å².